The standard InChI is InChI=1S/C15H13N3O/c19-15-4-2-1-3-11(15)13-9-14-12(16-17-13)7-8-18(14)10-5-6-10/h1-4,7-10,19H,5-6H2. The number of aromatic hydroxyl groups is 1. The maximum atomic E-state index is 9.90. The molecule has 0 saturated heterocycles. The van der Waals surface area contributed by atoms with Gasteiger partial charge in [-0.3, -0.25) is 0 Å². The van der Waals surface area contributed by atoms with Crippen molar-refractivity contribution in [3.05, 3.63) is 42.6 Å². The second kappa shape index (κ2) is 3.82. The number of phenolic OH excluding ortho intramolecular Hbond substituents is 1. The molecular formula is C15H13N3O. The highest BCUT2D eigenvalue weighted by molar-refractivity contribution is 5.81. The quantitative estimate of drug-likeness (QED) is 0.761. The number of aromatic nitrogens is 3. The lowest BCUT2D eigenvalue weighted by molar-refractivity contribution is 0.477. The Kier molecular flexibility index (Phi) is 2.12. The first-order valence-electron chi connectivity index (χ1n) is 6.45. The van der Waals surface area contributed by atoms with E-state index >= 15 is 0 Å². The molecule has 4 heteroatoms. The fraction of sp³-hybridized carbons (Fsp3) is 0.200. The van der Waals surface area contributed by atoms with Crippen LogP contribution < -0.4 is 0 Å². The van der Waals surface area contributed by atoms with Crippen molar-refractivity contribution in [2.45, 2.75) is 18.9 Å². The molecule has 0 aliphatic heterocycles. The molecule has 0 unspecified atom stereocenters. The molecule has 0 spiro atoms. The Morgan fingerprint density at radius 1 is 1.11 bits per heavy atom. The Bertz CT molecular complexity index is 759. The zero-order valence-corrected chi connectivity index (χ0v) is 10.3. The molecule has 0 amide bonds. The van der Waals surface area contributed by atoms with Gasteiger partial charge in [-0.15, -0.1) is 10.2 Å². The lowest BCUT2D eigenvalue weighted by atomic mass is 10.1. The SMILES string of the molecule is Oc1ccccc1-c1cc2c(ccn2C2CC2)nn1. The highest BCUT2D eigenvalue weighted by Gasteiger charge is 2.24. The number of nitrogens with zero attached hydrogens (tertiary/aromatic N) is 3. The van der Waals surface area contributed by atoms with Crippen molar-refractivity contribution < 1.29 is 5.11 Å². The third-order valence-corrected chi connectivity index (χ3v) is 3.59. The van der Waals surface area contributed by atoms with E-state index in [1.54, 1.807) is 12.1 Å². The zero-order chi connectivity index (χ0) is 12.8. The van der Waals surface area contributed by atoms with Gasteiger partial charge in [0.05, 0.1) is 11.2 Å². The number of phenols is 1. The molecule has 1 aliphatic carbocycles. The van der Waals surface area contributed by atoms with Gasteiger partial charge < -0.3 is 9.67 Å². The van der Waals surface area contributed by atoms with Crippen LogP contribution in [0.25, 0.3) is 22.3 Å². The van der Waals surface area contributed by atoms with E-state index in [1.165, 1.54) is 12.8 Å². The van der Waals surface area contributed by atoms with Gasteiger partial charge in [0.15, 0.2) is 0 Å². The Hall–Kier alpha value is -2.36. The van der Waals surface area contributed by atoms with Crippen LogP contribution >= 0.6 is 0 Å². The van der Waals surface area contributed by atoms with Crippen molar-refractivity contribution in [2.24, 2.45) is 0 Å². The highest BCUT2D eigenvalue weighted by atomic mass is 16.3. The first-order chi connectivity index (χ1) is 9.33. The summed E-state index contributed by atoms with van der Waals surface area (Å²) in [6, 6.07) is 11.8. The predicted molar refractivity (Wildman–Crippen MR) is 72.9 cm³/mol. The number of fused-ring (bicyclic) bond motifs is 1. The van der Waals surface area contributed by atoms with E-state index in [9.17, 15) is 5.11 Å². The van der Waals surface area contributed by atoms with Crippen molar-refractivity contribution in [1.82, 2.24) is 14.8 Å². The fourth-order valence-corrected chi connectivity index (χ4v) is 2.44. The smallest absolute Gasteiger partial charge is 0.125 e. The fourth-order valence-electron chi connectivity index (χ4n) is 2.44. The molecule has 3 aromatic rings. The zero-order valence-electron chi connectivity index (χ0n) is 10.3. The molecule has 1 N–H and O–H groups in total. The van der Waals surface area contributed by atoms with E-state index in [1.807, 2.05) is 24.3 Å². The molecule has 0 bridgehead atoms. The molecule has 1 fully saturated rings. The van der Waals surface area contributed by atoms with Crippen LogP contribution in [0.3, 0.4) is 0 Å². The average molecular weight is 251 g/mol. The molecule has 0 radical (unpaired) electrons. The molecule has 2 heterocycles. The van der Waals surface area contributed by atoms with Crippen molar-refractivity contribution in [3.8, 4) is 17.0 Å². The number of para-hydroxylation sites is 1. The lowest BCUT2D eigenvalue weighted by Gasteiger charge is -2.05. The van der Waals surface area contributed by atoms with Crippen LogP contribution in [-0.2, 0) is 0 Å². The Morgan fingerprint density at radius 2 is 1.95 bits per heavy atom. The topological polar surface area (TPSA) is 50.9 Å². The third kappa shape index (κ3) is 1.68. The average Bonchev–Trinajstić information content (AvgIpc) is 3.19. The van der Waals surface area contributed by atoms with Crippen LogP contribution in [0.1, 0.15) is 18.9 Å². The monoisotopic (exact) mass is 251 g/mol. The Labute approximate surface area is 110 Å². The minimum absolute atomic E-state index is 0.237. The van der Waals surface area contributed by atoms with E-state index in [4.69, 9.17) is 0 Å². The third-order valence-electron chi connectivity index (χ3n) is 3.59. The van der Waals surface area contributed by atoms with Crippen molar-refractivity contribution in [3.63, 3.8) is 0 Å². The van der Waals surface area contributed by atoms with Gasteiger partial charge in [-0.25, -0.2) is 0 Å². The van der Waals surface area contributed by atoms with Crippen LogP contribution in [0.5, 0.6) is 5.75 Å². The van der Waals surface area contributed by atoms with E-state index in [2.05, 4.69) is 21.0 Å². The summed E-state index contributed by atoms with van der Waals surface area (Å²) in [4.78, 5) is 0. The van der Waals surface area contributed by atoms with Crippen molar-refractivity contribution in [2.75, 3.05) is 0 Å². The Morgan fingerprint density at radius 3 is 2.74 bits per heavy atom. The highest BCUT2D eigenvalue weighted by Crippen LogP contribution is 2.38. The van der Waals surface area contributed by atoms with Gasteiger partial charge in [0, 0.05) is 17.8 Å². The van der Waals surface area contributed by atoms with Crippen LogP contribution in [0.15, 0.2) is 42.6 Å². The number of rotatable bonds is 2. The van der Waals surface area contributed by atoms with Gasteiger partial charge in [-0.1, -0.05) is 12.1 Å². The van der Waals surface area contributed by atoms with Gasteiger partial charge in [-0.05, 0) is 37.1 Å². The molecular weight excluding hydrogens is 238 g/mol. The Balaban J connectivity index is 1.91. The van der Waals surface area contributed by atoms with Crippen LogP contribution in [0.2, 0.25) is 0 Å². The largest absolute Gasteiger partial charge is 0.507 e. The summed E-state index contributed by atoms with van der Waals surface area (Å²) >= 11 is 0. The first-order valence-corrected chi connectivity index (χ1v) is 6.45. The molecule has 94 valence electrons. The van der Waals surface area contributed by atoms with E-state index in [-0.39, 0.29) is 5.75 Å². The van der Waals surface area contributed by atoms with E-state index < -0.39 is 0 Å². The number of hydrogen-bond acceptors (Lipinski definition) is 3. The van der Waals surface area contributed by atoms with Crippen LogP contribution in [-0.4, -0.2) is 19.9 Å². The van der Waals surface area contributed by atoms with Gasteiger partial charge in [0.1, 0.15) is 11.3 Å². The number of benzene rings is 1. The summed E-state index contributed by atoms with van der Waals surface area (Å²) < 4.78 is 2.26. The molecule has 1 aliphatic rings. The van der Waals surface area contributed by atoms with Crippen LogP contribution in [0.4, 0.5) is 0 Å². The minimum Gasteiger partial charge on any atom is -0.507 e. The molecule has 0 atom stereocenters. The predicted octanol–water partition coefficient (Wildman–Crippen LogP) is 3.14. The molecule has 4 rings (SSSR count). The van der Waals surface area contributed by atoms with Crippen molar-refractivity contribution in [1.29, 1.82) is 0 Å². The number of hydrogen-bond donors (Lipinski definition) is 1. The summed E-state index contributed by atoms with van der Waals surface area (Å²) in [7, 11) is 0. The second-order valence-electron chi connectivity index (χ2n) is 4.97. The summed E-state index contributed by atoms with van der Waals surface area (Å²) in [6.07, 6.45) is 4.54. The summed E-state index contributed by atoms with van der Waals surface area (Å²) in [5.41, 5.74) is 3.44. The van der Waals surface area contributed by atoms with Crippen LogP contribution in [0, 0.1) is 0 Å². The maximum absolute atomic E-state index is 9.90. The maximum Gasteiger partial charge on any atom is 0.125 e. The van der Waals surface area contributed by atoms with Gasteiger partial charge in [0.25, 0.3) is 0 Å². The van der Waals surface area contributed by atoms with Gasteiger partial charge in [-0.2, -0.15) is 0 Å². The normalized spacial score (nSPS) is 14.9. The first kappa shape index (κ1) is 10.6. The summed E-state index contributed by atoms with van der Waals surface area (Å²) in [6.45, 7) is 0. The van der Waals surface area contributed by atoms with E-state index in [0.29, 0.717) is 11.7 Å². The molecule has 19 heavy (non-hydrogen) atoms. The summed E-state index contributed by atoms with van der Waals surface area (Å²) in [5.74, 6) is 0.237. The molecule has 1 saturated carbocycles. The minimum atomic E-state index is 0.237. The van der Waals surface area contributed by atoms with Gasteiger partial charge in [0.2, 0.25) is 0 Å². The summed E-state index contributed by atoms with van der Waals surface area (Å²) in [5, 5.41) is 18.4. The molecule has 4 nitrogen and oxygen atoms in total. The van der Waals surface area contributed by atoms with Gasteiger partial charge >= 0.3 is 0 Å². The lowest BCUT2D eigenvalue weighted by Crippen LogP contribution is -1.94. The van der Waals surface area contributed by atoms with E-state index in [0.717, 1.165) is 16.6 Å². The van der Waals surface area contributed by atoms with Crippen molar-refractivity contribution >= 4 is 11.0 Å². The second-order valence-corrected chi connectivity index (χ2v) is 4.97. The molecule has 1 aromatic carbocycles. The molecule has 2 aromatic heterocycles.